The van der Waals surface area contributed by atoms with Crippen LogP contribution in [0.4, 0.5) is 0 Å². The molecule has 1 aliphatic heterocycles. The molecule has 0 aromatic heterocycles. The molecule has 114 valence electrons. The van der Waals surface area contributed by atoms with Crippen LogP contribution in [0, 0.1) is 11.3 Å². The Labute approximate surface area is 136 Å². The van der Waals surface area contributed by atoms with E-state index in [1.54, 1.807) is 24.3 Å². The molecule has 3 heteroatoms. The predicted octanol–water partition coefficient (Wildman–Crippen LogP) is 3.96. The first-order chi connectivity index (χ1) is 11.0. The van der Waals surface area contributed by atoms with Gasteiger partial charge in [-0.25, -0.2) is 0 Å². The van der Waals surface area contributed by atoms with E-state index in [9.17, 15) is 10.1 Å². The number of hydrogen-bond donors (Lipinski definition) is 0. The fourth-order valence-corrected chi connectivity index (χ4v) is 3.09. The standard InChI is InChI=1S/C20H18N2O/c1-20(2)12-14-7-3-5-9-16(14)18(22-20)11-19(23)17-10-6-4-8-15(17)13-21/h3-10H,11-12H2,1-2H3. The molecule has 1 aliphatic rings. The molecule has 0 bridgehead atoms. The number of aliphatic imine (C=N–C) groups is 1. The zero-order valence-corrected chi connectivity index (χ0v) is 13.3. The average molecular weight is 302 g/mol. The number of nitrogens with zero attached hydrogens (tertiary/aromatic N) is 2. The normalized spacial score (nSPS) is 15.3. The van der Waals surface area contributed by atoms with E-state index < -0.39 is 0 Å². The van der Waals surface area contributed by atoms with Gasteiger partial charge in [-0.1, -0.05) is 42.5 Å². The van der Waals surface area contributed by atoms with Crippen LogP contribution in [-0.4, -0.2) is 17.0 Å². The first-order valence-electron chi connectivity index (χ1n) is 7.69. The summed E-state index contributed by atoms with van der Waals surface area (Å²) in [7, 11) is 0. The average Bonchev–Trinajstić information content (AvgIpc) is 2.53. The van der Waals surface area contributed by atoms with Crippen LogP contribution in [0.15, 0.2) is 53.5 Å². The summed E-state index contributed by atoms with van der Waals surface area (Å²) >= 11 is 0. The van der Waals surface area contributed by atoms with Crippen LogP contribution in [0.2, 0.25) is 0 Å². The third-order valence-corrected chi connectivity index (χ3v) is 4.06. The summed E-state index contributed by atoms with van der Waals surface area (Å²) in [4.78, 5) is 17.5. The van der Waals surface area contributed by atoms with Crippen molar-refractivity contribution in [2.75, 3.05) is 0 Å². The zero-order valence-electron chi connectivity index (χ0n) is 13.3. The first kappa shape index (κ1) is 15.2. The van der Waals surface area contributed by atoms with Crippen molar-refractivity contribution in [3.05, 3.63) is 70.8 Å². The fourth-order valence-electron chi connectivity index (χ4n) is 3.09. The summed E-state index contributed by atoms with van der Waals surface area (Å²) < 4.78 is 0. The van der Waals surface area contributed by atoms with E-state index in [4.69, 9.17) is 4.99 Å². The predicted molar refractivity (Wildman–Crippen MR) is 90.9 cm³/mol. The van der Waals surface area contributed by atoms with Crippen molar-refractivity contribution in [3.8, 4) is 6.07 Å². The van der Waals surface area contributed by atoms with Gasteiger partial charge in [0.1, 0.15) is 0 Å². The first-order valence-corrected chi connectivity index (χ1v) is 7.69. The number of fused-ring (bicyclic) bond motifs is 1. The smallest absolute Gasteiger partial charge is 0.170 e. The Bertz CT molecular complexity index is 841. The van der Waals surface area contributed by atoms with Crippen LogP contribution in [-0.2, 0) is 6.42 Å². The van der Waals surface area contributed by atoms with Crippen molar-refractivity contribution in [2.24, 2.45) is 4.99 Å². The molecule has 3 rings (SSSR count). The quantitative estimate of drug-likeness (QED) is 0.806. The highest BCUT2D eigenvalue weighted by Gasteiger charge is 2.27. The minimum absolute atomic E-state index is 0.0617. The zero-order chi connectivity index (χ0) is 16.4. The van der Waals surface area contributed by atoms with Crippen molar-refractivity contribution in [1.82, 2.24) is 0 Å². The van der Waals surface area contributed by atoms with Gasteiger partial charge >= 0.3 is 0 Å². The molecular weight excluding hydrogens is 284 g/mol. The number of nitriles is 1. The van der Waals surface area contributed by atoms with Crippen LogP contribution in [0.1, 0.15) is 47.3 Å². The van der Waals surface area contributed by atoms with Gasteiger partial charge in [-0.3, -0.25) is 9.79 Å². The van der Waals surface area contributed by atoms with E-state index in [0.29, 0.717) is 11.1 Å². The maximum absolute atomic E-state index is 12.7. The SMILES string of the molecule is CC1(C)Cc2ccccc2C(CC(=O)c2ccccc2C#N)=N1. The summed E-state index contributed by atoms with van der Waals surface area (Å²) in [5.41, 5.74) is 3.77. The number of carbonyl (C=O) groups excluding carboxylic acids is 1. The minimum atomic E-state index is -0.210. The molecule has 0 N–H and O–H groups in total. The maximum atomic E-state index is 12.7. The van der Waals surface area contributed by atoms with Crippen molar-refractivity contribution in [2.45, 2.75) is 32.2 Å². The van der Waals surface area contributed by atoms with Gasteiger partial charge in [-0.05, 0) is 37.5 Å². The highest BCUT2D eigenvalue weighted by Crippen LogP contribution is 2.28. The highest BCUT2D eigenvalue weighted by atomic mass is 16.1. The van der Waals surface area contributed by atoms with Crippen LogP contribution in [0.5, 0.6) is 0 Å². The van der Waals surface area contributed by atoms with Crippen molar-refractivity contribution < 1.29 is 4.79 Å². The number of carbonyl (C=O) groups is 1. The van der Waals surface area contributed by atoms with Gasteiger partial charge in [0.15, 0.2) is 5.78 Å². The number of rotatable bonds is 3. The molecule has 0 fully saturated rings. The van der Waals surface area contributed by atoms with Crippen molar-refractivity contribution in [1.29, 1.82) is 5.26 Å². The van der Waals surface area contributed by atoms with E-state index in [2.05, 4.69) is 26.0 Å². The number of hydrogen-bond acceptors (Lipinski definition) is 3. The number of Topliss-reactive ketones (excluding diaryl/α,β-unsaturated/α-hetero) is 1. The molecule has 0 amide bonds. The number of benzene rings is 2. The Balaban J connectivity index is 1.97. The van der Waals surface area contributed by atoms with Gasteiger partial charge in [-0.2, -0.15) is 5.26 Å². The second-order valence-electron chi connectivity index (χ2n) is 6.46. The van der Waals surface area contributed by atoms with E-state index in [1.807, 2.05) is 18.2 Å². The molecule has 2 aromatic rings. The summed E-state index contributed by atoms with van der Waals surface area (Å²) in [6.07, 6.45) is 1.09. The molecule has 2 aromatic carbocycles. The Morgan fingerprint density at radius 3 is 2.65 bits per heavy atom. The molecule has 0 radical (unpaired) electrons. The van der Waals surface area contributed by atoms with Crippen molar-refractivity contribution >= 4 is 11.5 Å². The second-order valence-corrected chi connectivity index (χ2v) is 6.46. The molecule has 23 heavy (non-hydrogen) atoms. The molecule has 3 nitrogen and oxygen atoms in total. The van der Waals surface area contributed by atoms with Gasteiger partial charge in [-0.15, -0.1) is 0 Å². The third kappa shape index (κ3) is 3.07. The molecular formula is C20H18N2O. The topological polar surface area (TPSA) is 53.2 Å². The molecule has 0 atom stereocenters. The second kappa shape index (κ2) is 5.81. The molecule has 0 saturated carbocycles. The molecule has 0 aliphatic carbocycles. The number of ketones is 1. The van der Waals surface area contributed by atoms with Crippen LogP contribution in [0.25, 0.3) is 0 Å². The molecule has 0 spiro atoms. The van der Waals surface area contributed by atoms with Gasteiger partial charge < -0.3 is 0 Å². The fraction of sp³-hybridized carbons (Fsp3) is 0.250. The maximum Gasteiger partial charge on any atom is 0.170 e. The van der Waals surface area contributed by atoms with Crippen LogP contribution in [0.3, 0.4) is 0 Å². The molecule has 1 heterocycles. The molecule has 0 saturated heterocycles. The lowest BCUT2D eigenvalue weighted by molar-refractivity contribution is 0.1000. The Kier molecular flexibility index (Phi) is 3.83. The van der Waals surface area contributed by atoms with Crippen LogP contribution >= 0.6 is 0 Å². The largest absolute Gasteiger partial charge is 0.294 e. The monoisotopic (exact) mass is 302 g/mol. The lowest BCUT2D eigenvalue weighted by atomic mass is 9.85. The van der Waals surface area contributed by atoms with E-state index in [-0.39, 0.29) is 17.7 Å². The highest BCUT2D eigenvalue weighted by molar-refractivity contribution is 6.17. The third-order valence-electron chi connectivity index (χ3n) is 4.06. The van der Waals surface area contributed by atoms with Crippen LogP contribution < -0.4 is 0 Å². The van der Waals surface area contributed by atoms with E-state index in [0.717, 1.165) is 17.7 Å². The van der Waals surface area contributed by atoms with E-state index in [1.165, 1.54) is 5.56 Å². The lowest BCUT2D eigenvalue weighted by Gasteiger charge is -2.29. The lowest BCUT2D eigenvalue weighted by Crippen LogP contribution is -2.30. The minimum Gasteiger partial charge on any atom is -0.294 e. The van der Waals surface area contributed by atoms with Gasteiger partial charge in [0, 0.05) is 5.56 Å². The Morgan fingerprint density at radius 2 is 1.87 bits per heavy atom. The van der Waals surface area contributed by atoms with Gasteiger partial charge in [0.2, 0.25) is 0 Å². The Morgan fingerprint density at radius 1 is 1.17 bits per heavy atom. The van der Waals surface area contributed by atoms with Crippen molar-refractivity contribution in [3.63, 3.8) is 0 Å². The molecule has 0 unspecified atom stereocenters. The summed E-state index contributed by atoms with van der Waals surface area (Å²) in [6, 6.07) is 17.1. The van der Waals surface area contributed by atoms with E-state index >= 15 is 0 Å². The summed E-state index contributed by atoms with van der Waals surface area (Å²) in [5, 5.41) is 9.18. The van der Waals surface area contributed by atoms with Gasteiger partial charge in [0.25, 0.3) is 0 Å². The van der Waals surface area contributed by atoms with Gasteiger partial charge in [0.05, 0.1) is 29.3 Å². The summed E-state index contributed by atoms with van der Waals surface area (Å²) in [6.45, 7) is 4.16. The Hall–Kier alpha value is -2.73. The summed E-state index contributed by atoms with van der Waals surface area (Å²) in [5.74, 6) is -0.0617.